The third-order valence-electron chi connectivity index (χ3n) is 5.31. The van der Waals surface area contributed by atoms with Gasteiger partial charge in [-0.3, -0.25) is 19.1 Å². The van der Waals surface area contributed by atoms with Gasteiger partial charge in [0.25, 0.3) is 17.4 Å². The molecule has 0 radical (unpaired) electrons. The number of aromatic amines is 1. The number of hydrogen-bond acceptors (Lipinski definition) is 4. The van der Waals surface area contributed by atoms with Crippen molar-refractivity contribution < 1.29 is 9.59 Å². The first-order valence-electron chi connectivity index (χ1n) is 9.89. The molecule has 2 amide bonds. The van der Waals surface area contributed by atoms with E-state index in [-0.39, 0.29) is 23.4 Å². The highest BCUT2D eigenvalue weighted by atomic mass is 16.2. The van der Waals surface area contributed by atoms with Crippen molar-refractivity contribution in [3.63, 3.8) is 0 Å². The van der Waals surface area contributed by atoms with Gasteiger partial charge in [-0.25, -0.2) is 0 Å². The van der Waals surface area contributed by atoms with Crippen LogP contribution in [0.15, 0.2) is 59.7 Å². The summed E-state index contributed by atoms with van der Waals surface area (Å²) < 4.78 is 1.58. The van der Waals surface area contributed by atoms with Gasteiger partial charge < -0.3 is 15.2 Å². The SMILES string of the molecule is Cn1cc(C(=O)NC2CCN(C(=O)c3ccc(-c4ccccc4)[nH]c3=O)CC2)cn1. The Morgan fingerprint density at radius 3 is 2.47 bits per heavy atom. The molecule has 154 valence electrons. The highest BCUT2D eigenvalue weighted by Gasteiger charge is 2.26. The largest absolute Gasteiger partial charge is 0.349 e. The summed E-state index contributed by atoms with van der Waals surface area (Å²) in [6, 6.07) is 12.8. The minimum Gasteiger partial charge on any atom is -0.349 e. The Bertz CT molecular complexity index is 1110. The summed E-state index contributed by atoms with van der Waals surface area (Å²) in [7, 11) is 1.76. The van der Waals surface area contributed by atoms with Crippen molar-refractivity contribution in [1.82, 2.24) is 25.0 Å². The Hall–Kier alpha value is -3.68. The number of rotatable bonds is 4. The molecule has 8 nitrogen and oxygen atoms in total. The molecule has 30 heavy (non-hydrogen) atoms. The molecule has 0 unspecified atom stereocenters. The molecule has 0 spiro atoms. The summed E-state index contributed by atoms with van der Waals surface area (Å²) in [5.41, 5.74) is 1.81. The number of H-pyrrole nitrogens is 1. The number of amides is 2. The number of piperidine rings is 1. The Morgan fingerprint density at radius 2 is 1.83 bits per heavy atom. The molecule has 0 aliphatic carbocycles. The number of carbonyl (C=O) groups excluding carboxylic acids is 2. The maximum atomic E-state index is 12.8. The van der Waals surface area contributed by atoms with Gasteiger partial charge in [-0.2, -0.15) is 5.10 Å². The zero-order chi connectivity index (χ0) is 21.1. The lowest BCUT2D eigenvalue weighted by molar-refractivity contribution is 0.0696. The maximum absolute atomic E-state index is 12.8. The van der Waals surface area contributed by atoms with E-state index in [1.54, 1.807) is 35.0 Å². The van der Waals surface area contributed by atoms with Gasteiger partial charge in [-0.05, 0) is 30.5 Å². The van der Waals surface area contributed by atoms with Crippen LogP contribution < -0.4 is 10.9 Å². The van der Waals surface area contributed by atoms with Crippen molar-refractivity contribution in [2.45, 2.75) is 18.9 Å². The van der Waals surface area contributed by atoms with Crippen LogP contribution in [0.1, 0.15) is 33.6 Å². The topological polar surface area (TPSA) is 100 Å². The van der Waals surface area contributed by atoms with Gasteiger partial charge in [0.2, 0.25) is 0 Å². The second kappa shape index (κ2) is 8.36. The van der Waals surface area contributed by atoms with Gasteiger partial charge in [0.15, 0.2) is 0 Å². The first kappa shape index (κ1) is 19.6. The van der Waals surface area contributed by atoms with Crippen molar-refractivity contribution in [3.05, 3.63) is 76.3 Å². The van der Waals surface area contributed by atoms with Gasteiger partial charge in [-0.15, -0.1) is 0 Å². The van der Waals surface area contributed by atoms with Gasteiger partial charge in [-0.1, -0.05) is 30.3 Å². The molecular formula is C22H23N5O3. The zero-order valence-corrected chi connectivity index (χ0v) is 16.7. The number of aromatic nitrogens is 3. The van der Waals surface area contributed by atoms with E-state index in [2.05, 4.69) is 15.4 Å². The van der Waals surface area contributed by atoms with E-state index in [0.717, 1.165) is 5.56 Å². The molecule has 1 aliphatic heterocycles. The van der Waals surface area contributed by atoms with Gasteiger partial charge in [0.05, 0.1) is 11.8 Å². The van der Waals surface area contributed by atoms with Crippen LogP contribution in [-0.2, 0) is 7.05 Å². The highest BCUT2D eigenvalue weighted by molar-refractivity contribution is 5.95. The average Bonchev–Trinajstić information content (AvgIpc) is 3.21. The normalized spacial score (nSPS) is 14.5. The Labute approximate surface area is 173 Å². The Balaban J connectivity index is 1.37. The van der Waals surface area contributed by atoms with E-state index in [4.69, 9.17) is 0 Å². The predicted octanol–water partition coefficient (Wildman–Crippen LogP) is 1.81. The standard InChI is InChI=1S/C22H23N5O3/c1-26-14-16(13-23-26)20(28)24-17-9-11-27(12-10-17)22(30)18-7-8-19(25-21(18)29)15-5-3-2-4-6-15/h2-8,13-14,17H,9-12H2,1H3,(H,24,28)(H,25,29). The quantitative estimate of drug-likeness (QED) is 0.691. The molecule has 1 fully saturated rings. The second-order valence-electron chi connectivity index (χ2n) is 7.42. The lowest BCUT2D eigenvalue weighted by Gasteiger charge is -2.32. The number of pyridine rings is 1. The fourth-order valence-corrected chi connectivity index (χ4v) is 3.63. The average molecular weight is 405 g/mol. The summed E-state index contributed by atoms with van der Waals surface area (Å²) in [5, 5.41) is 6.99. The molecule has 2 aromatic heterocycles. The summed E-state index contributed by atoms with van der Waals surface area (Å²) in [5.74, 6) is -0.450. The summed E-state index contributed by atoms with van der Waals surface area (Å²) in [6.45, 7) is 0.966. The molecule has 0 saturated carbocycles. The van der Waals surface area contributed by atoms with E-state index in [9.17, 15) is 14.4 Å². The van der Waals surface area contributed by atoms with Crippen LogP contribution in [0.5, 0.6) is 0 Å². The summed E-state index contributed by atoms with van der Waals surface area (Å²) in [6.07, 6.45) is 4.47. The van der Waals surface area contributed by atoms with Gasteiger partial charge >= 0.3 is 0 Å². The molecule has 8 heteroatoms. The first-order valence-corrected chi connectivity index (χ1v) is 9.89. The second-order valence-corrected chi connectivity index (χ2v) is 7.42. The van der Waals surface area contributed by atoms with Crippen molar-refractivity contribution in [1.29, 1.82) is 0 Å². The van der Waals surface area contributed by atoms with Crippen molar-refractivity contribution >= 4 is 11.8 Å². The van der Waals surface area contributed by atoms with E-state index in [0.29, 0.717) is 37.2 Å². The minimum absolute atomic E-state index is 0.0134. The zero-order valence-electron chi connectivity index (χ0n) is 16.7. The molecular weight excluding hydrogens is 382 g/mol. The van der Waals surface area contributed by atoms with Gasteiger partial charge in [0, 0.05) is 38.1 Å². The first-order chi connectivity index (χ1) is 14.5. The molecule has 3 aromatic rings. The molecule has 3 heterocycles. The molecule has 0 atom stereocenters. The van der Waals surface area contributed by atoms with Crippen LogP contribution in [0.4, 0.5) is 0 Å². The number of carbonyl (C=O) groups is 2. The number of nitrogens with zero attached hydrogens (tertiary/aromatic N) is 3. The van der Waals surface area contributed by atoms with E-state index in [1.165, 1.54) is 6.20 Å². The van der Waals surface area contributed by atoms with Gasteiger partial charge in [0.1, 0.15) is 5.56 Å². The molecule has 0 bridgehead atoms. The molecule has 1 aromatic carbocycles. The van der Waals surface area contributed by atoms with Crippen LogP contribution in [-0.4, -0.2) is 50.6 Å². The van der Waals surface area contributed by atoms with E-state index < -0.39 is 5.56 Å². The fourth-order valence-electron chi connectivity index (χ4n) is 3.63. The Kier molecular flexibility index (Phi) is 5.47. The van der Waals surface area contributed by atoms with Crippen LogP contribution in [0.25, 0.3) is 11.3 Å². The molecule has 2 N–H and O–H groups in total. The predicted molar refractivity (Wildman–Crippen MR) is 112 cm³/mol. The number of likely N-dealkylation sites (tertiary alicyclic amines) is 1. The molecule has 4 rings (SSSR count). The van der Waals surface area contributed by atoms with Crippen LogP contribution >= 0.6 is 0 Å². The highest BCUT2D eigenvalue weighted by Crippen LogP contribution is 2.17. The molecule has 1 saturated heterocycles. The summed E-state index contributed by atoms with van der Waals surface area (Å²) >= 11 is 0. The van der Waals surface area contributed by atoms with Crippen molar-refractivity contribution in [3.8, 4) is 11.3 Å². The van der Waals surface area contributed by atoms with E-state index >= 15 is 0 Å². The van der Waals surface area contributed by atoms with Crippen molar-refractivity contribution in [2.75, 3.05) is 13.1 Å². The van der Waals surface area contributed by atoms with E-state index in [1.807, 2.05) is 30.3 Å². The third-order valence-corrected chi connectivity index (χ3v) is 5.31. The lowest BCUT2D eigenvalue weighted by Crippen LogP contribution is -2.47. The lowest BCUT2D eigenvalue weighted by atomic mass is 10.0. The van der Waals surface area contributed by atoms with Crippen LogP contribution in [0, 0.1) is 0 Å². The number of hydrogen-bond donors (Lipinski definition) is 2. The summed E-state index contributed by atoms with van der Waals surface area (Å²) in [4.78, 5) is 42.1. The minimum atomic E-state index is -0.395. The number of benzene rings is 1. The third kappa shape index (κ3) is 4.17. The Morgan fingerprint density at radius 1 is 1.10 bits per heavy atom. The van der Waals surface area contributed by atoms with Crippen molar-refractivity contribution in [2.24, 2.45) is 7.05 Å². The monoisotopic (exact) mass is 405 g/mol. The smallest absolute Gasteiger partial charge is 0.261 e. The van der Waals surface area contributed by atoms with Crippen LogP contribution in [0.3, 0.4) is 0 Å². The maximum Gasteiger partial charge on any atom is 0.261 e. The number of nitrogens with one attached hydrogen (secondary N) is 2. The van der Waals surface area contributed by atoms with Crippen LogP contribution in [0.2, 0.25) is 0 Å². The fraction of sp³-hybridized carbons (Fsp3) is 0.273. The number of aryl methyl sites for hydroxylation is 1. The molecule has 1 aliphatic rings.